The maximum atomic E-state index is 12.3. The molecule has 0 spiro atoms. The van der Waals surface area contributed by atoms with Gasteiger partial charge < -0.3 is 9.84 Å². The molecular formula is C23H25N3O2. The normalized spacial score (nSPS) is 16.1. The van der Waals surface area contributed by atoms with Crippen LogP contribution in [0.25, 0.3) is 0 Å². The highest BCUT2D eigenvalue weighted by atomic mass is 16.5. The molecule has 28 heavy (non-hydrogen) atoms. The van der Waals surface area contributed by atoms with Gasteiger partial charge in [-0.3, -0.25) is 14.9 Å². The van der Waals surface area contributed by atoms with Crippen LogP contribution in [-0.4, -0.2) is 40.2 Å². The van der Waals surface area contributed by atoms with Crippen LogP contribution in [0.2, 0.25) is 0 Å². The Balaban J connectivity index is 1.90. The summed E-state index contributed by atoms with van der Waals surface area (Å²) in [5.41, 5.74) is 1.28. The first-order chi connectivity index (χ1) is 13.7. The van der Waals surface area contributed by atoms with Crippen LogP contribution in [0.3, 0.4) is 0 Å². The molecule has 1 aliphatic rings. The van der Waals surface area contributed by atoms with Crippen molar-refractivity contribution in [3.8, 4) is 5.75 Å². The van der Waals surface area contributed by atoms with Crippen molar-refractivity contribution in [2.45, 2.75) is 24.5 Å². The molecule has 1 aliphatic heterocycles. The molecule has 0 aliphatic carbocycles. The molecule has 3 aromatic rings. The second-order valence-corrected chi connectivity index (χ2v) is 7.17. The second kappa shape index (κ2) is 8.09. The lowest BCUT2D eigenvalue weighted by molar-refractivity contribution is -0.0152. The number of methoxy groups -OCH3 is 1. The number of aromatic nitrogens is 2. The average molecular weight is 375 g/mol. The van der Waals surface area contributed by atoms with Crippen LogP contribution < -0.4 is 4.74 Å². The molecule has 1 atom stereocenters. The number of nitrogens with zero attached hydrogens (tertiary/aromatic N) is 3. The minimum Gasteiger partial charge on any atom is -0.497 e. The highest BCUT2D eigenvalue weighted by Crippen LogP contribution is 2.45. The quantitative estimate of drug-likeness (QED) is 0.714. The Bertz CT molecular complexity index is 839. The Labute approximate surface area is 165 Å². The van der Waals surface area contributed by atoms with Crippen molar-refractivity contribution in [1.82, 2.24) is 14.9 Å². The number of hydrogen-bond donors (Lipinski definition) is 1. The minimum atomic E-state index is -1.28. The molecule has 4 rings (SSSR count). The molecule has 0 radical (unpaired) electrons. The number of aliphatic hydroxyl groups is 1. The van der Waals surface area contributed by atoms with E-state index in [4.69, 9.17) is 4.74 Å². The summed E-state index contributed by atoms with van der Waals surface area (Å²) in [5.74, 6) is 0.801. The number of benzene rings is 1. The third-order valence-electron chi connectivity index (χ3n) is 5.54. The summed E-state index contributed by atoms with van der Waals surface area (Å²) in [7, 11) is 1.66. The summed E-state index contributed by atoms with van der Waals surface area (Å²) in [6.45, 7) is 1.89. The zero-order valence-corrected chi connectivity index (χ0v) is 16.0. The Kier molecular flexibility index (Phi) is 5.37. The van der Waals surface area contributed by atoms with E-state index in [-0.39, 0.29) is 6.04 Å². The van der Waals surface area contributed by atoms with Crippen LogP contribution >= 0.6 is 0 Å². The van der Waals surface area contributed by atoms with Gasteiger partial charge in [-0.15, -0.1) is 0 Å². The maximum Gasteiger partial charge on any atom is 0.137 e. The van der Waals surface area contributed by atoms with Crippen LogP contribution in [-0.2, 0) is 5.60 Å². The third-order valence-corrected chi connectivity index (χ3v) is 5.54. The molecule has 0 amide bonds. The molecule has 1 N–H and O–H groups in total. The Morgan fingerprint density at radius 2 is 1.50 bits per heavy atom. The molecule has 2 aromatic heterocycles. The molecule has 3 heterocycles. The van der Waals surface area contributed by atoms with Crippen molar-refractivity contribution in [2.75, 3.05) is 20.2 Å². The summed E-state index contributed by atoms with van der Waals surface area (Å²) in [6.07, 6.45) is 9.21. The molecule has 5 heteroatoms. The largest absolute Gasteiger partial charge is 0.497 e. The van der Waals surface area contributed by atoms with E-state index in [2.05, 4.69) is 14.9 Å². The highest BCUT2D eigenvalue weighted by molar-refractivity contribution is 5.41. The van der Waals surface area contributed by atoms with E-state index in [0.717, 1.165) is 48.4 Å². The number of ether oxygens (including phenoxy) is 1. The Morgan fingerprint density at radius 1 is 0.929 bits per heavy atom. The van der Waals surface area contributed by atoms with Crippen molar-refractivity contribution >= 4 is 0 Å². The van der Waals surface area contributed by atoms with Gasteiger partial charge in [0, 0.05) is 35.9 Å². The van der Waals surface area contributed by atoms with E-state index in [1.807, 2.05) is 48.5 Å². The maximum absolute atomic E-state index is 12.3. The summed E-state index contributed by atoms with van der Waals surface area (Å²) in [4.78, 5) is 10.9. The fourth-order valence-electron chi connectivity index (χ4n) is 4.16. The summed E-state index contributed by atoms with van der Waals surface area (Å²) in [6, 6.07) is 15.3. The van der Waals surface area contributed by atoms with E-state index in [0.29, 0.717) is 0 Å². The summed E-state index contributed by atoms with van der Waals surface area (Å²) in [5, 5.41) is 12.3. The molecule has 1 aromatic carbocycles. The van der Waals surface area contributed by atoms with Gasteiger partial charge in [0.05, 0.1) is 13.2 Å². The van der Waals surface area contributed by atoms with Crippen LogP contribution in [0.1, 0.15) is 35.6 Å². The lowest BCUT2D eigenvalue weighted by Gasteiger charge is -2.42. The van der Waals surface area contributed by atoms with Crippen molar-refractivity contribution in [3.63, 3.8) is 0 Å². The van der Waals surface area contributed by atoms with Gasteiger partial charge in [0.1, 0.15) is 11.4 Å². The van der Waals surface area contributed by atoms with E-state index < -0.39 is 5.60 Å². The molecule has 0 saturated carbocycles. The number of hydrogen-bond acceptors (Lipinski definition) is 5. The van der Waals surface area contributed by atoms with Crippen molar-refractivity contribution in [2.24, 2.45) is 0 Å². The fourth-order valence-corrected chi connectivity index (χ4v) is 4.16. The van der Waals surface area contributed by atoms with Gasteiger partial charge in [-0.1, -0.05) is 24.3 Å². The molecule has 144 valence electrons. The topological polar surface area (TPSA) is 58.5 Å². The van der Waals surface area contributed by atoms with Crippen molar-refractivity contribution in [3.05, 3.63) is 90.0 Å². The fraction of sp³-hybridized carbons (Fsp3) is 0.304. The van der Waals surface area contributed by atoms with Crippen LogP contribution in [0.4, 0.5) is 0 Å². The summed E-state index contributed by atoms with van der Waals surface area (Å²) < 4.78 is 5.33. The van der Waals surface area contributed by atoms with E-state index in [1.54, 1.807) is 31.9 Å². The third kappa shape index (κ3) is 3.39. The number of rotatable bonds is 6. The van der Waals surface area contributed by atoms with Crippen molar-refractivity contribution in [1.29, 1.82) is 0 Å². The number of likely N-dealkylation sites (tertiary alicyclic amines) is 1. The lowest BCUT2D eigenvalue weighted by atomic mass is 9.77. The first-order valence-electron chi connectivity index (χ1n) is 9.65. The average Bonchev–Trinajstić information content (AvgIpc) is 3.29. The summed E-state index contributed by atoms with van der Waals surface area (Å²) >= 11 is 0. The van der Waals surface area contributed by atoms with Crippen LogP contribution in [0.5, 0.6) is 5.75 Å². The first kappa shape index (κ1) is 18.6. The van der Waals surface area contributed by atoms with E-state index in [9.17, 15) is 5.11 Å². The molecule has 1 fully saturated rings. The molecule has 1 saturated heterocycles. The predicted octanol–water partition coefficient (Wildman–Crippen LogP) is 3.56. The second-order valence-electron chi connectivity index (χ2n) is 7.17. The highest BCUT2D eigenvalue weighted by Gasteiger charge is 2.45. The van der Waals surface area contributed by atoms with Crippen LogP contribution in [0.15, 0.2) is 73.3 Å². The monoisotopic (exact) mass is 375 g/mol. The van der Waals surface area contributed by atoms with Gasteiger partial charge in [0.25, 0.3) is 0 Å². The van der Waals surface area contributed by atoms with Crippen LogP contribution in [0, 0.1) is 0 Å². The minimum absolute atomic E-state index is 0.255. The van der Waals surface area contributed by atoms with Crippen molar-refractivity contribution < 1.29 is 9.84 Å². The molecule has 1 unspecified atom stereocenters. The number of pyridine rings is 2. The standard InChI is InChI=1S/C23H25N3O2/c1-28-21-10-8-18(9-11-21)22(26-14-2-3-15-26)23(27,19-6-4-12-24-16-19)20-7-5-13-25-17-20/h4-13,16-17,22,27H,2-3,14-15H2,1H3. The zero-order valence-electron chi connectivity index (χ0n) is 16.0. The Morgan fingerprint density at radius 3 is 1.96 bits per heavy atom. The van der Waals surface area contributed by atoms with Gasteiger partial charge >= 0.3 is 0 Å². The van der Waals surface area contributed by atoms with Gasteiger partial charge in [-0.2, -0.15) is 0 Å². The molecule has 0 bridgehead atoms. The van der Waals surface area contributed by atoms with Gasteiger partial charge in [0.15, 0.2) is 0 Å². The first-order valence-corrected chi connectivity index (χ1v) is 9.65. The van der Waals surface area contributed by atoms with Gasteiger partial charge in [-0.25, -0.2) is 0 Å². The van der Waals surface area contributed by atoms with Gasteiger partial charge in [0.2, 0.25) is 0 Å². The van der Waals surface area contributed by atoms with E-state index in [1.165, 1.54) is 0 Å². The van der Waals surface area contributed by atoms with E-state index >= 15 is 0 Å². The Hall–Kier alpha value is -2.76. The molecule has 5 nitrogen and oxygen atoms in total. The lowest BCUT2D eigenvalue weighted by Crippen LogP contribution is -2.44. The predicted molar refractivity (Wildman–Crippen MR) is 108 cm³/mol. The molecular weight excluding hydrogens is 350 g/mol. The smallest absolute Gasteiger partial charge is 0.137 e. The van der Waals surface area contributed by atoms with Gasteiger partial charge in [-0.05, 0) is 55.8 Å². The zero-order chi connectivity index (χ0) is 19.4. The SMILES string of the molecule is COc1ccc(C(N2CCCC2)C(O)(c2cccnc2)c2cccnc2)cc1.